The van der Waals surface area contributed by atoms with Crippen molar-refractivity contribution in [2.45, 2.75) is 44.4 Å². The second-order valence-corrected chi connectivity index (χ2v) is 5.25. The zero-order chi connectivity index (χ0) is 11.3. The molecule has 0 spiro atoms. The monoisotopic (exact) mass is 235 g/mol. The summed E-state index contributed by atoms with van der Waals surface area (Å²) >= 11 is 6.19. The summed E-state index contributed by atoms with van der Waals surface area (Å²) in [5.41, 5.74) is 3.20. The van der Waals surface area contributed by atoms with Gasteiger partial charge in [0.1, 0.15) is 5.15 Å². The number of carbonyl (C=O) groups is 1. The maximum Gasteiger partial charge on any atom is 0.161 e. The lowest BCUT2D eigenvalue weighted by Gasteiger charge is -2.39. The van der Waals surface area contributed by atoms with E-state index in [4.69, 9.17) is 11.6 Å². The predicted molar refractivity (Wildman–Crippen MR) is 63.2 cm³/mol. The van der Waals surface area contributed by atoms with Crippen LogP contribution in [0, 0.1) is 0 Å². The van der Waals surface area contributed by atoms with Crippen molar-refractivity contribution in [3.8, 4) is 0 Å². The van der Waals surface area contributed by atoms with Gasteiger partial charge in [-0.15, -0.1) is 0 Å². The van der Waals surface area contributed by atoms with Crippen LogP contribution in [0.15, 0.2) is 6.20 Å². The molecule has 3 aliphatic rings. The number of ketones is 1. The van der Waals surface area contributed by atoms with E-state index < -0.39 is 0 Å². The second kappa shape index (κ2) is 3.56. The summed E-state index contributed by atoms with van der Waals surface area (Å²) in [7, 11) is 0. The van der Waals surface area contributed by atoms with Crippen LogP contribution in [-0.4, -0.2) is 10.8 Å². The van der Waals surface area contributed by atoms with Crippen LogP contribution in [0.4, 0.5) is 0 Å². The molecular weight excluding hydrogens is 222 g/mol. The van der Waals surface area contributed by atoms with E-state index in [1.165, 1.54) is 36.8 Å². The number of fused-ring (bicyclic) bond motifs is 2. The largest absolute Gasteiger partial charge is 0.294 e. The Morgan fingerprint density at radius 1 is 1.25 bits per heavy atom. The van der Waals surface area contributed by atoms with Crippen molar-refractivity contribution in [2.24, 2.45) is 0 Å². The van der Waals surface area contributed by atoms with E-state index in [2.05, 4.69) is 4.98 Å². The summed E-state index contributed by atoms with van der Waals surface area (Å²) in [4.78, 5) is 15.8. The first-order valence-electron chi connectivity index (χ1n) is 5.87. The highest BCUT2D eigenvalue weighted by atomic mass is 35.5. The van der Waals surface area contributed by atoms with Crippen molar-refractivity contribution in [3.63, 3.8) is 0 Å². The average molecular weight is 236 g/mol. The fourth-order valence-electron chi connectivity index (χ4n) is 3.30. The summed E-state index contributed by atoms with van der Waals surface area (Å²) in [5, 5.41) is 0.620. The van der Waals surface area contributed by atoms with Crippen LogP contribution in [0.5, 0.6) is 0 Å². The Labute approximate surface area is 100 Å². The minimum absolute atomic E-state index is 0.118. The highest BCUT2D eigenvalue weighted by Crippen LogP contribution is 2.52. The van der Waals surface area contributed by atoms with Gasteiger partial charge in [-0.2, -0.15) is 0 Å². The number of rotatable bonds is 1. The molecule has 16 heavy (non-hydrogen) atoms. The van der Waals surface area contributed by atoms with Gasteiger partial charge in [-0.05, 0) is 55.6 Å². The van der Waals surface area contributed by atoms with E-state index in [0.717, 1.165) is 5.56 Å². The van der Waals surface area contributed by atoms with Gasteiger partial charge in [0.15, 0.2) is 5.78 Å². The Bertz CT molecular complexity index is 461. The molecule has 0 aromatic carbocycles. The standard InChI is InChI=1S/C13H14ClNO/c1-7(16)10-6-15-13(14)12-9-4-2-8(3-5-9)11(10)12/h6,8-9H,2-5H2,1H3. The van der Waals surface area contributed by atoms with Crippen molar-refractivity contribution < 1.29 is 4.79 Å². The maximum atomic E-state index is 11.6. The van der Waals surface area contributed by atoms with E-state index in [0.29, 0.717) is 17.0 Å². The molecule has 0 amide bonds. The summed E-state index contributed by atoms with van der Waals surface area (Å²) in [6, 6.07) is 0. The summed E-state index contributed by atoms with van der Waals surface area (Å²) in [6.45, 7) is 1.62. The number of aromatic nitrogens is 1. The molecule has 0 N–H and O–H groups in total. The van der Waals surface area contributed by atoms with E-state index >= 15 is 0 Å². The van der Waals surface area contributed by atoms with Crippen LogP contribution in [0.1, 0.15) is 65.9 Å². The molecule has 0 unspecified atom stereocenters. The van der Waals surface area contributed by atoms with Crippen LogP contribution in [0.3, 0.4) is 0 Å². The first kappa shape index (κ1) is 10.3. The third kappa shape index (κ3) is 1.32. The van der Waals surface area contributed by atoms with Crippen molar-refractivity contribution in [1.29, 1.82) is 0 Å². The lowest BCUT2D eigenvalue weighted by atomic mass is 9.66. The highest BCUT2D eigenvalue weighted by Gasteiger charge is 2.37. The Hall–Kier alpha value is -0.890. The molecule has 1 fully saturated rings. The zero-order valence-corrected chi connectivity index (χ0v) is 10.0. The second-order valence-electron chi connectivity index (χ2n) is 4.89. The van der Waals surface area contributed by atoms with Gasteiger partial charge in [0.05, 0.1) is 0 Å². The van der Waals surface area contributed by atoms with Crippen molar-refractivity contribution in [1.82, 2.24) is 4.98 Å². The third-order valence-electron chi connectivity index (χ3n) is 4.03. The van der Waals surface area contributed by atoms with Gasteiger partial charge in [0.2, 0.25) is 0 Å². The number of nitrogens with zero attached hydrogens (tertiary/aromatic N) is 1. The number of hydrogen-bond acceptors (Lipinski definition) is 2. The van der Waals surface area contributed by atoms with Crippen LogP contribution < -0.4 is 0 Å². The molecule has 0 saturated heterocycles. The Morgan fingerprint density at radius 3 is 2.38 bits per heavy atom. The number of Topliss-reactive ketones (excluding diaryl/α,β-unsaturated/α-hetero) is 1. The van der Waals surface area contributed by atoms with Crippen LogP contribution in [0.2, 0.25) is 5.15 Å². The smallest absolute Gasteiger partial charge is 0.161 e. The molecule has 0 aliphatic heterocycles. The Kier molecular flexibility index (Phi) is 2.28. The lowest BCUT2D eigenvalue weighted by Crippen LogP contribution is -2.25. The summed E-state index contributed by atoms with van der Waals surface area (Å²) in [6.07, 6.45) is 6.49. The fraction of sp³-hybridized carbons (Fsp3) is 0.538. The van der Waals surface area contributed by atoms with Gasteiger partial charge in [0, 0.05) is 11.8 Å². The molecule has 3 aliphatic carbocycles. The van der Waals surface area contributed by atoms with Crippen molar-refractivity contribution in [2.75, 3.05) is 0 Å². The van der Waals surface area contributed by atoms with Gasteiger partial charge in [-0.1, -0.05) is 11.6 Å². The number of carbonyl (C=O) groups excluding carboxylic acids is 1. The normalized spacial score (nSPS) is 26.6. The summed E-state index contributed by atoms with van der Waals surface area (Å²) in [5.74, 6) is 1.20. The quantitative estimate of drug-likeness (QED) is 0.549. The molecule has 1 aromatic heterocycles. The molecule has 1 saturated carbocycles. The van der Waals surface area contributed by atoms with Crippen molar-refractivity contribution in [3.05, 3.63) is 28.0 Å². The summed E-state index contributed by atoms with van der Waals surface area (Å²) < 4.78 is 0. The van der Waals surface area contributed by atoms with Gasteiger partial charge in [0.25, 0.3) is 0 Å². The van der Waals surface area contributed by atoms with Gasteiger partial charge < -0.3 is 0 Å². The average Bonchev–Trinajstić information content (AvgIpc) is 2.30. The molecule has 1 aromatic rings. The van der Waals surface area contributed by atoms with Crippen LogP contribution in [-0.2, 0) is 0 Å². The van der Waals surface area contributed by atoms with Crippen LogP contribution >= 0.6 is 11.6 Å². The zero-order valence-electron chi connectivity index (χ0n) is 9.29. The predicted octanol–water partition coefficient (Wildman–Crippen LogP) is 3.69. The number of hydrogen-bond donors (Lipinski definition) is 0. The molecule has 4 rings (SSSR count). The molecule has 0 radical (unpaired) electrons. The molecule has 84 valence electrons. The molecule has 0 atom stereocenters. The first-order chi connectivity index (χ1) is 7.68. The molecular formula is C13H14ClNO. The maximum absolute atomic E-state index is 11.6. The number of halogens is 1. The SMILES string of the molecule is CC(=O)c1cnc(Cl)c2c1C1CCC2CC1. The van der Waals surface area contributed by atoms with E-state index in [1.807, 2.05) is 0 Å². The minimum atomic E-state index is 0.118. The topological polar surface area (TPSA) is 30.0 Å². The van der Waals surface area contributed by atoms with E-state index in [-0.39, 0.29) is 5.78 Å². The van der Waals surface area contributed by atoms with Gasteiger partial charge >= 0.3 is 0 Å². The Morgan fingerprint density at radius 2 is 1.81 bits per heavy atom. The van der Waals surface area contributed by atoms with Gasteiger partial charge in [-0.25, -0.2) is 4.98 Å². The first-order valence-corrected chi connectivity index (χ1v) is 6.25. The minimum Gasteiger partial charge on any atom is -0.294 e. The van der Waals surface area contributed by atoms with E-state index in [9.17, 15) is 4.79 Å². The third-order valence-corrected chi connectivity index (χ3v) is 4.33. The fourth-order valence-corrected chi connectivity index (χ4v) is 3.60. The van der Waals surface area contributed by atoms with Crippen LogP contribution in [0.25, 0.3) is 0 Å². The lowest BCUT2D eigenvalue weighted by molar-refractivity contribution is 0.101. The van der Waals surface area contributed by atoms with Crippen molar-refractivity contribution >= 4 is 17.4 Å². The number of pyridine rings is 1. The molecule has 2 nitrogen and oxygen atoms in total. The Balaban J connectivity index is 2.27. The molecule has 3 heteroatoms. The van der Waals surface area contributed by atoms with Gasteiger partial charge in [-0.3, -0.25) is 4.79 Å². The van der Waals surface area contributed by atoms with E-state index in [1.54, 1.807) is 13.1 Å². The molecule has 2 bridgehead atoms. The highest BCUT2D eigenvalue weighted by molar-refractivity contribution is 6.30. The molecule has 1 heterocycles.